The van der Waals surface area contributed by atoms with Crippen LogP contribution in [-0.4, -0.2) is 42.7 Å². The molecule has 1 unspecified atom stereocenters. The molecule has 1 N–H and O–H groups in total. The number of pyridine rings is 1. The lowest BCUT2D eigenvalue weighted by Crippen LogP contribution is -2.48. The molecule has 8 heteroatoms. The molecular weight excluding hydrogens is 450 g/mol. The van der Waals surface area contributed by atoms with E-state index in [1.54, 1.807) is 30.5 Å². The molecule has 0 spiro atoms. The van der Waals surface area contributed by atoms with Crippen LogP contribution < -0.4 is 4.72 Å². The molecule has 2 amide bonds. The molecule has 2 heterocycles. The average molecular weight is 474 g/mol. The molecule has 0 radical (unpaired) electrons. The van der Waals surface area contributed by atoms with Gasteiger partial charge >= 0.3 is 0 Å². The number of nitrogens with one attached hydrogen (secondary N) is 1. The standard InChI is InChI=1S/C26H23N3O4S/c30-25(17-18-12-13-19-6-1-2-7-20(19)16-18)29-15-5-10-23(29)26(31)28-34(32,33)24-11-3-9-22-21(24)8-4-14-27-22/h1-4,6-9,11-14,16,23H,5,10,15,17H2,(H,28,31). The minimum Gasteiger partial charge on any atom is -0.330 e. The van der Waals surface area contributed by atoms with Crippen molar-refractivity contribution in [2.24, 2.45) is 0 Å². The van der Waals surface area contributed by atoms with Crippen molar-refractivity contribution in [3.63, 3.8) is 0 Å². The van der Waals surface area contributed by atoms with Crippen LogP contribution in [0, 0.1) is 0 Å². The SMILES string of the molecule is O=C(NS(=O)(=O)c1cccc2ncccc12)C1CCCN1C(=O)Cc1ccc2ccccc2c1. The number of aromatic nitrogens is 1. The first-order valence-electron chi connectivity index (χ1n) is 11.1. The zero-order valence-electron chi connectivity index (χ0n) is 18.3. The molecule has 5 rings (SSSR count). The van der Waals surface area contributed by atoms with Gasteiger partial charge in [0.1, 0.15) is 6.04 Å². The van der Waals surface area contributed by atoms with Gasteiger partial charge in [-0.15, -0.1) is 0 Å². The van der Waals surface area contributed by atoms with Crippen LogP contribution in [0.15, 0.2) is 83.9 Å². The number of carbonyl (C=O) groups is 2. The Morgan fingerprint density at radius 3 is 2.65 bits per heavy atom. The van der Waals surface area contributed by atoms with Gasteiger partial charge in [-0.1, -0.05) is 48.5 Å². The maximum absolute atomic E-state index is 13.1. The summed E-state index contributed by atoms with van der Waals surface area (Å²) in [6.45, 7) is 0.419. The molecule has 1 aliphatic heterocycles. The van der Waals surface area contributed by atoms with E-state index in [4.69, 9.17) is 0 Å². The van der Waals surface area contributed by atoms with Crippen molar-refractivity contribution in [2.75, 3.05) is 6.54 Å². The Balaban J connectivity index is 1.33. The highest BCUT2D eigenvalue weighted by atomic mass is 32.2. The summed E-state index contributed by atoms with van der Waals surface area (Å²) in [5.74, 6) is -0.884. The Morgan fingerprint density at radius 1 is 0.971 bits per heavy atom. The van der Waals surface area contributed by atoms with Crippen LogP contribution in [0.25, 0.3) is 21.7 Å². The third-order valence-corrected chi connectivity index (χ3v) is 7.58. The topological polar surface area (TPSA) is 96.4 Å². The molecule has 7 nitrogen and oxygen atoms in total. The van der Waals surface area contributed by atoms with Gasteiger partial charge < -0.3 is 4.90 Å². The quantitative estimate of drug-likeness (QED) is 0.479. The highest BCUT2D eigenvalue weighted by molar-refractivity contribution is 7.90. The van der Waals surface area contributed by atoms with E-state index in [0.29, 0.717) is 30.3 Å². The first-order chi connectivity index (χ1) is 16.4. The molecule has 1 aliphatic rings. The van der Waals surface area contributed by atoms with Gasteiger partial charge in [-0.05, 0) is 53.4 Å². The number of likely N-dealkylation sites (tertiary alicyclic amines) is 1. The van der Waals surface area contributed by atoms with E-state index in [-0.39, 0.29) is 17.2 Å². The van der Waals surface area contributed by atoms with Gasteiger partial charge in [0.25, 0.3) is 15.9 Å². The number of hydrogen-bond acceptors (Lipinski definition) is 5. The average Bonchev–Trinajstić information content (AvgIpc) is 3.34. The Bertz CT molecular complexity index is 1510. The van der Waals surface area contributed by atoms with Gasteiger partial charge in [-0.25, -0.2) is 13.1 Å². The lowest BCUT2D eigenvalue weighted by atomic mass is 10.0. The summed E-state index contributed by atoms with van der Waals surface area (Å²) >= 11 is 0. The number of sulfonamides is 1. The molecular formula is C26H23N3O4S. The molecule has 1 atom stereocenters. The predicted molar refractivity (Wildman–Crippen MR) is 129 cm³/mol. The van der Waals surface area contributed by atoms with Crippen LogP contribution in [-0.2, 0) is 26.0 Å². The maximum atomic E-state index is 13.1. The fourth-order valence-corrected chi connectivity index (χ4v) is 5.76. The third-order valence-electron chi connectivity index (χ3n) is 6.18. The summed E-state index contributed by atoms with van der Waals surface area (Å²) in [5.41, 5.74) is 1.37. The molecule has 4 aromatic rings. The van der Waals surface area contributed by atoms with Crippen LogP contribution in [0.1, 0.15) is 18.4 Å². The molecule has 0 aliphatic carbocycles. The smallest absolute Gasteiger partial charge is 0.264 e. The second-order valence-electron chi connectivity index (χ2n) is 8.40. The fourth-order valence-electron chi connectivity index (χ4n) is 4.53. The summed E-state index contributed by atoms with van der Waals surface area (Å²) in [6.07, 6.45) is 2.78. The Hall–Kier alpha value is -3.78. The van der Waals surface area contributed by atoms with Crippen LogP contribution in [0.3, 0.4) is 0 Å². The highest BCUT2D eigenvalue weighted by Crippen LogP contribution is 2.24. The van der Waals surface area contributed by atoms with Gasteiger partial charge in [0, 0.05) is 18.1 Å². The first-order valence-corrected chi connectivity index (χ1v) is 12.6. The van der Waals surface area contributed by atoms with E-state index in [2.05, 4.69) is 9.71 Å². The Labute approximate surface area is 197 Å². The van der Waals surface area contributed by atoms with Gasteiger partial charge in [-0.2, -0.15) is 0 Å². The monoisotopic (exact) mass is 473 g/mol. The van der Waals surface area contributed by atoms with Crippen LogP contribution in [0.4, 0.5) is 0 Å². The molecule has 172 valence electrons. The number of nitrogens with zero attached hydrogens (tertiary/aromatic N) is 2. The van der Waals surface area contributed by atoms with Crippen LogP contribution in [0.2, 0.25) is 0 Å². The first kappa shape index (κ1) is 22.0. The molecule has 0 bridgehead atoms. The number of benzene rings is 3. The number of fused-ring (bicyclic) bond motifs is 2. The van der Waals surface area contributed by atoms with Crippen molar-refractivity contribution < 1.29 is 18.0 Å². The third kappa shape index (κ3) is 4.24. The maximum Gasteiger partial charge on any atom is 0.264 e. The zero-order chi connectivity index (χ0) is 23.7. The van der Waals surface area contributed by atoms with Crippen molar-refractivity contribution in [3.05, 3.63) is 84.6 Å². The minimum atomic E-state index is -4.13. The summed E-state index contributed by atoms with van der Waals surface area (Å²) in [7, 11) is -4.13. The van der Waals surface area contributed by atoms with Crippen LogP contribution >= 0.6 is 0 Å². The second-order valence-corrected chi connectivity index (χ2v) is 10.1. The summed E-state index contributed by atoms with van der Waals surface area (Å²) in [4.78, 5) is 31.7. The van der Waals surface area contributed by atoms with Crippen molar-refractivity contribution in [2.45, 2.75) is 30.2 Å². The molecule has 1 saturated heterocycles. The van der Waals surface area contributed by atoms with Crippen molar-refractivity contribution in [1.82, 2.24) is 14.6 Å². The number of carbonyl (C=O) groups excluding carboxylic acids is 2. The normalized spacial score (nSPS) is 16.1. The van der Waals surface area contributed by atoms with E-state index in [1.807, 2.05) is 42.5 Å². The summed E-state index contributed by atoms with van der Waals surface area (Å²) in [5, 5.41) is 2.56. The number of rotatable bonds is 5. The van der Waals surface area contributed by atoms with Gasteiger partial charge in [-0.3, -0.25) is 14.6 Å². The lowest BCUT2D eigenvalue weighted by molar-refractivity contribution is -0.137. The van der Waals surface area contributed by atoms with E-state index < -0.39 is 22.0 Å². The molecule has 1 fully saturated rings. The minimum absolute atomic E-state index is 0.0153. The van der Waals surface area contributed by atoms with E-state index >= 15 is 0 Å². The molecule has 0 saturated carbocycles. The Kier molecular flexibility index (Phi) is 5.75. The molecule has 3 aromatic carbocycles. The highest BCUT2D eigenvalue weighted by Gasteiger charge is 2.36. The molecule has 34 heavy (non-hydrogen) atoms. The van der Waals surface area contributed by atoms with Crippen molar-refractivity contribution in [1.29, 1.82) is 0 Å². The van der Waals surface area contributed by atoms with Crippen molar-refractivity contribution in [3.8, 4) is 0 Å². The van der Waals surface area contributed by atoms with E-state index in [1.165, 1.54) is 11.0 Å². The summed E-state index contributed by atoms with van der Waals surface area (Å²) < 4.78 is 28.3. The van der Waals surface area contributed by atoms with Gasteiger partial charge in [0.05, 0.1) is 16.8 Å². The zero-order valence-corrected chi connectivity index (χ0v) is 19.2. The van der Waals surface area contributed by atoms with Gasteiger partial charge in [0.2, 0.25) is 5.91 Å². The van der Waals surface area contributed by atoms with E-state index in [0.717, 1.165) is 16.3 Å². The van der Waals surface area contributed by atoms with E-state index in [9.17, 15) is 18.0 Å². The lowest BCUT2D eigenvalue weighted by Gasteiger charge is -2.24. The number of amides is 2. The summed E-state index contributed by atoms with van der Waals surface area (Å²) in [6, 6.07) is 21.0. The largest absolute Gasteiger partial charge is 0.330 e. The fraction of sp³-hybridized carbons (Fsp3) is 0.192. The molecule has 1 aromatic heterocycles. The number of hydrogen-bond donors (Lipinski definition) is 1. The Morgan fingerprint density at radius 2 is 1.79 bits per heavy atom. The second kappa shape index (κ2) is 8.87. The van der Waals surface area contributed by atoms with Gasteiger partial charge in [0.15, 0.2) is 0 Å². The predicted octanol–water partition coefficient (Wildman–Crippen LogP) is 3.43. The van der Waals surface area contributed by atoms with Crippen LogP contribution in [0.5, 0.6) is 0 Å². The van der Waals surface area contributed by atoms with Crippen molar-refractivity contribution >= 4 is 43.5 Å².